The van der Waals surface area contributed by atoms with Crippen LogP contribution in [0.25, 0.3) is 147 Å². The van der Waals surface area contributed by atoms with Crippen molar-refractivity contribution in [3.8, 4) is 136 Å². The highest BCUT2D eigenvalue weighted by Crippen LogP contribution is 2.43. The fraction of sp³-hybridized carbons (Fsp3) is 0.0161. The monoisotopic (exact) mass is 1880 g/mol. The molecule has 12 heteroatoms. The molecule has 658 valence electrons. The zero-order chi connectivity index (χ0) is 92.0. The van der Waals surface area contributed by atoms with Gasteiger partial charge in [0.15, 0.2) is 0 Å². The normalized spacial score (nSPS) is 10.8. The molecule has 0 fully saturated rings. The zero-order valence-electron chi connectivity index (χ0n) is 74.9. The molecule has 6 N–H and O–H groups in total. The van der Waals surface area contributed by atoms with Gasteiger partial charge in [-0.25, -0.2) is 0 Å². The fourth-order valence-corrected chi connectivity index (χ4v) is 22.6. The number of rotatable bonds is 21. The molecular weight excluding hydrogens is 1780 g/mol. The maximum absolute atomic E-state index is 5.70. The Balaban J connectivity index is 0.000000110. The number of hydrogen-bond acceptors (Lipinski definition) is 12. The first kappa shape index (κ1) is 89.9. The Morgan fingerprint density at radius 3 is 0.581 bits per heavy atom. The van der Waals surface area contributed by atoms with Crippen molar-refractivity contribution in [1.29, 1.82) is 0 Å². The lowest BCUT2D eigenvalue weighted by molar-refractivity contribution is 1.54. The van der Waals surface area contributed by atoms with Crippen LogP contribution >= 0.6 is 79.4 Å². The van der Waals surface area contributed by atoms with Gasteiger partial charge in [-0.05, 0) is 285 Å². The van der Waals surface area contributed by atoms with Crippen molar-refractivity contribution in [1.82, 2.24) is 0 Å². The molecule has 7 heterocycles. The molecule has 0 saturated carbocycles. The Morgan fingerprint density at radius 2 is 0.331 bits per heavy atom. The van der Waals surface area contributed by atoms with E-state index in [1.807, 2.05) is 92.3 Å². The third-order valence-electron chi connectivity index (χ3n) is 22.9. The van der Waals surface area contributed by atoms with Gasteiger partial charge in [-0.1, -0.05) is 315 Å². The minimum atomic E-state index is 0.804. The van der Waals surface area contributed by atoms with Crippen LogP contribution in [0.15, 0.2) is 504 Å². The van der Waals surface area contributed by atoms with Crippen LogP contribution in [0.3, 0.4) is 0 Å². The van der Waals surface area contributed by atoms with Crippen molar-refractivity contribution < 1.29 is 0 Å². The molecule has 7 aromatic heterocycles. The average Bonchev–Trinajstić information content (AvgIpc) is 1.56. The number of benzene rings is 16. The summed E-state index contributed by atoms with van der Waals surface area (Å²) in [6.07, 6.45) is 0. The molecular formula is C124H95N5S7. The molecule has 5 nitrogen and oxygen atoms in total. The molecule has 0 amide bonds. The number of nitrogen functional groups attached to an aromatic ring is 1. The number of hydrogen-bond donors (Lipinski definition) is 5. The van der Waals surface area contributed by atoms with Gasteiger partial charge >= 0.3 is 0 Å². The molecule has 16 aromatic carbocycles. The van der Waals surface area contributed by atoms with Gasteiger partial charge in [0, 0.05) is 125 Å². The van der Waals surface area contributed by atoms with Crippen LogP contribution in [0.1, 0.15) is 9.75 Å². The lowest BCUT2D eigenvalue weighted by atomic mass is 10.1. The SMILES string of the molecule is Cc1ccc(-c2ccc(Nc3ccc(-c4ccc(C)s4)cc3)cc2)s1.Nc1ccc(-c2ccc(-c3ccccc3)s2)cc1.c1ccc(-c2ccc(-c3ccc(Nc4ccc(-c5ccc(-c6ccccc6)s5)cc4)cc3)s2)cc1.c1ccc(-c2ccc(-c3ccc(Nc4cccc5ccccc45)cc3)s2)cc1.c1ccc(-c2ccc(Nc3ccc(-c4ccc(-c5ccccc5)s4)cc3)cc2)cc1. The number of anilines is 9. The highest BCUT2D eigenvalue weighted by atomic mass is 32.1. The van der Waals surface area contributed by atoms with Crippen LogP contribution in [-0.2, 0) is 0 Å². The Labute approximate surface area is 824 Å². The minimum Gasteiger partial charge on any atom is -0.399 e. The summed E-state index contributed by atoms with van der Waals surface area (Å²) in [5, 5.41) is 16.5. The van der Waals surface area contributed by atoms with Gasteiger partial charge in [-0.2, -0.15) is 0 Å². The molecule has 0 aliphatic rings. The van der Waals surface area contributed by atoms with E-state index in [1.165, 1.54) is 157 Å². The van der Waals surface area contributed by atoms with Gasteiger partial charge in [-0.15, -0.1) is 79.4 Å². The Hall–Kier alpha value is -15.3. The van der Waals surface area contributed by atoms with Crippen molar-refractivity contribution in [3.63, 3.8) is 0 Å². The molecule has 0 aliphatic heterocycles. The third-order valence-corrected chi connectivity index (χ3v) is 31.0. The predicted molar refractivity (Wildman–Crippen MR) is 598 cm³/mol. The maximum atomic E-state index is 5.70. The van der Waals surface area contributed by atoms with Crippen LogP contribution in [0.5, 0.6) is 0 Å². The Bertz CT molecular complexity index is 7490. The number of thiophene rings is 7. The molecule has 0 bridgehead atoms. The van der Waals surface area contributed by atoms with E-state index in [9.17, 15) is 0 Å². The van der Waals surface area contributed by atoms with Crippen LogP contribution in [0.2, 0.25) is 0 Å². The second kappa shape index (κ2) is 44.0. The third kappa shape index (κ3) is 23.5. The van der Waals surface area contributed by atoms with E-state index < -0.39 is 0 Å². The Morgan fingerprint density at radius 1 is 0.147 bits per heavy atom. The molecule has 23 rings (SSSR count). The largest absolute Gasteiger partial charge is 0.399 e. The predicted octanol–water partition coefficient (Wildman–Crippen LogP) is 38.9. The fourth-order valence-electron chi connectivity index (χ4n) is 15.8. The van der Waals surface area contributed by atoms with Crippen molar-refractivity contribution in [3.05, 3.63) is 513 Å². The summed E-state index contributed by atoms with van der Waals surface area (Å²) in [6, 6.07) is 177. The lowest BCUT2D eigenvalue weighted by Gasteiger charge is -2.10. The van der Waals surface area contributed by atoms with Gasteiger partial charge in [0.2, 0.25) is 0 Å². The number of aryl methyl sites for hydroxylation is 2. The van der Waals surface area contributed by atoms with Gasteiger partial charge in [0.05, 0.1) is 0 Å². The average molecular weight is 1880 g/mol. The van der Waals surface area contributed by atoms with E-state index in [0.29, 0.717) is 0 Å². The summed E-state index contributed by atoms with van der Waals surface area (Å²) in [4.78, 5) is 18.2. The second-order valence-corrected chi connectivity index (χ2v) is 40.5. The second-order valence-electron chi connectivity index (χ2n) is 32.5. The maximum Gasteiger partial charge on any atom is 0.0463 e. The molecule has 0 spiro atoms. The highest BCUT2D eigenvalue weighted by Gasteiger charge is 2.14. The molecule has 0 atom stereocenters. The van der Waals surface area contributed by atoms with E-state index in [0.717, 1.165) is 51.2 Å². The van der Waals surface area contributed by atoms with E-state index in [1.54, 1.807) is 11.3 Å². The molecule has 0 saturated heterocycles. The van der Waals surface area contributed by atoms with Crippen molar-refractivity contribution in [2.75, 3.05) is 27.0 Å². The van der Waals surface area contributed by atoms with Crippen LogP contribution in [0.4, 0.5) is 51.2 Å². The van der Waals surface area contributed by atoms with Crippen LogP contribution in [0, 0.1) is 13.8 Å². The highest BCUT2D eigenvalue weighted by molar-refractivity contribution is 7.20. The minimum absolute atomic E-state index is 0.804. The van der Waals surface area contributed by atoms with E-state index in [2.05, 4.69) is 514 Å². The first-order valence-corrected chi connectivity index (χ1v) is 50.8. The van der Waals surface area contributed by atoms with Crippen molar-refractivity contribution in [2.45, 2.75) is 13.8 Å². The standard InChI is InChI=1S/C32H23NS2.C28H21NS.C26H19NS.C22H19NS2.C16H13NS/c1-3-7-23(8-4-1)29-19-21-31(34-29)25-11-15-27(16-12-25)33-28-17-13-26(14-18-28)32-22-20-30(35-32)24-9-5-2-6-10-24;1-3-7-21(8-4-1)22-11-15-25(16-12-22)29-26-17-13-24(14-18-26)28-20-19-27(30-28)23-9-5-2-6-10-23;1-2-8-20(9-3-1)25-17-18-26(28-25)21-13-15-22(16-14-21)27-24-12-6-10-19-7-4-5-11-23(19)24;1-15-3-13-21(24-15)17-5-9-19(10-6-17)23-20-11-7-18(8-12-20)22-14-4-16(2)25-22;17-14-8-6-13(7-9-14)16-11-10-15(18-16)12-4-2-1-3-5-12/h1-22,33H;1-20,29H;1-18,27H;3-14,23H,1-2H3;1-11H,17H2. The van der Waals surface area contributed by atoms with E-state index >= 15 is 0 Å². The van der Waals surface area contributed by atoms with E-state index in [-0.39, 0.29) is 0 Å². The summed E-state index contributed by atoms with van der Waals surface area (Å²) in [7, 11) is 0. The quantitative estimate of drug-likeness (QED) is 0.0464. The van der Waals surface area contributed by atoms with Crippen LogP contribution < -0.4 is 27.0 Å². The molecule has 136 heavy (non-hydrogen) atoms. The van der Waals surface area contributed by atoms with Gasteiger partial charge in [-0.3, -0.25) is 0 Å². The van der Waals surface area contributed by atoms with Crippen molar-refractivity contribution in [2.24, 2.45) is 0 Å². The van der Waals surface area contributed by atoms with Crippen molar-refractivity contribution >= 4 is 141 Å². The number of nitrogens with one attached hydrogen (secondary N) is 4. The zero-order valence-corrected chi connectivity index (χ0v) is 80.6. The lowest BCUT2D eigenvalue weighted by Crippen LogP contribution is -1.91. The van der Waals surface area contributed by atoms with Gasteiger partial charge < -0.3 is 27.0 Å². The van der Waals surface area contributed by atoms with Gasteiger partial charge in [0.1, 0.15) is 0 Å². The topological polar surface area (TPSA) is 74.1 Å². The molecule has 0 radical (unpaired) electrons. The molecule has 0 unspecified atom stereocenters. The summed E-state index contributed by atoms with van der Waals surface area (Å²) in [5.74, 6) is 0. The molecule has 0 aliphatic carbocycles. The smallest absolute Gasteiger partial charge is 0.0463 e. The summed E-state index contributed by atoms with van der Waals surface area (Å²) < 4.78 is 0. The number of fused-ring (bicyclic) bond motifs is 1. The summed E-state index contributed by atoms with van der Waals surface area (Å²) in [6.45, 7) is 4.29. The summed E-state index contributed by atoms with van der Waals surface area (Å²) >= 11 is 12.8. The number of nitrogens with two attached hydrogens (primary N) is 1. The first-order chi connectivity index (χ1) is 67.0. The van der Waals surface area contributed by atoms with Gasteiger partial charge in [0.25, 0.3) is 0 Å². The van der Waals surface area contributed by atoms with E-state index in [4.69, 9.17) is 5.73 Å². The summed E-state index contributed by atoms with van der Waals surface area (Å²) in [5.41, 5.74) is 32.8. The first-order valence-electron chi connectivity index (χ1n) is 45.1. The Kier molecular flexibility index (Phi) is 29.1. The molecule has 23 aromatic rings. The van der Waals surface area contributed by atoms with Crippen LogP contribution in [-0.4, -0.2) is 0 Å².